The smallest absolute Gasteiger partial charge is 0.331 e. The van der Waals surface area contributed by atoms with E-state index in [-0.39, 0.29) is 0 Å². The molecule has 1 heterocycles. The molecule has 0 radical (unpaired) electrons. The van der Waals surface area contributed by atoms with Crippen LogP contribution in [0.5, 0.6) is 0 Å². The van der Waals surface area contributed by atoms with Crippen LogP contribution in [0, 0.1) is 6.92 Å². The SMILES string of the molecule is Cc1nc(C2=C(C(=O)O)CCCC2)cs1. The zero-order valence-corrected chi connectivity index (χ0v) is 9.43. The normalized spacial score (nSPS) is 16.9. The van der Waals surface area contributed by atoms with Gasteiger partial charge in [0.25, 0.3) is 0 Å². The Morgan fingerprint density at radius 2 is 2.20 bits per heavy atom. The van der Waals surface area contributed by atoms with Crippen molar-refractivity contribution in [2.75, 3.05) is 0 Å². The van der Waals surface area contributed by atoms with Gasteiger partial charge < -0.3 is 5.11 Å². The van der Waals surface area contributed by atoms with Crippen LogP contribution < -0.4 is 0 Å². The van der Waals surface area contributed by atoms with Crippen molar-refractivity contribution in [3.8, 4) is 0 Å². The molecule has 0 aliphatic heterocycles. The lowest BCUT2D eigenvalue weighted by atomic mass is 9.90. The van der Waals surface area contributed by atoms with Crippen LogP contribution in [-0.4, -0.2) is 16.1 Å². The van der Waals surface area contributed by atoms with E-state index in [1.807, 2.05) is 12.3 Å². The number of carboxylic acids is 1. The van der Waals surface area contributed by atoms with Gasteiger partial charge in [-0.25, -0.2) is 9.78 Å². The number of nitrogens with zero attached hydrogens (tertiary/aromatic N) is 1. The first-order valence-corrected chi connectivity index (χ1v) is 5.94. The summed E-state index contributed by atoms with van der Waals surface area (Å²) in [5.41, 5.74) is 2.37. The number of hydrogen-bond donors (Lipinski definition) is 1. The standard InChI is InChI=1S/C11H13NO2S/c1-7-12-10(6-15-7)8-4-2-3-5-9(8)11(13)14/h6H,2-5H2,1H3,(H,13,14). The summed E-state index contributed by atoms with van der Waals surface area (Å²) in [6, 6.07) is 0. The maximum atomic E-state index is 11.1. The average molecular weight is 223 g/mol. The minimum atomic E-state index is -0.782. The zero-order valence-electron chi connectivity index (χ0n) is 8.62. The molecule has 0 aromatic carbocycles. The minimum absolute atomic E-state index is 0.562. The van der Waals surface area contributed by atoms with E-state index in [0.717, 1.165) is 35.5 Å². The molecule has 1 aromatic heterocycles. The summed E-state index contributed by atoms with van der Waals surface area (Å²) < 4.78 is 0. The Hall–Kier alpha value is -1.16. The number of hydrogen-bond acceptors (Lipinski definition) is 3. The summed E-state index contributed by atoms with van der Waals surface area (Å²) in [5, 5.41) is 12.0. The summed E-state index contributed by atoms with van der Waals surface area (Å²) in [4.78, 5) is 15.4. The van der Waals surface area contributed by atoms with Gasteiger partial charge in [-0.15, -0.1) is 11.3 Å². The van der Waals surface area contributed by atoms with Gasteiger partial charge >= 0.3 is 5.97 Å². The second kappa shape index (κ2) is 4.14. The van der Waals surface area contributed by atoms with Crippen LogP contribution in [0.2, 0.25) is 0 Å². The Labute approximate surface area is 92.5 Å². The predicted octanol–water partition coefficient (Wildman–Crippen LogP) is 2.86. The maximum Gasteiger partial charge on any atom is 0.331 e. The van der Waals surface area contributed by atoms with Gasteiger partial charge in [0.05, 0.1) is 10.7 Å². The van der Waals surface area contributed by atoms with Crippen LogP contribution in [0.1, 0.15) is 36.4 Å². The zero-order chi connectivity index (χ0) is 10.8. The highest BCUT2D eigenvalue weighted by Crippen LogP contribution is 2.32. The van der Waals surface area contributed by atoms with Crippen LogP contribution in [0.3, 0.4) is 0 Å². The fraction of sp³-hybridized carbons (Fsp3) is 0.455. The summed E-state index contributed by atoms with van der Waals surface area (Å²) in [6.45, 7) is 1.94. The third kappa shape index (κ3) is 2.09. The maximum absolute atomic E-state index is 11.1. The molecule has 0 amide bonds. The van der Waals surface area contributed by atoms with Crippen molar-refractivity contribution < 1.29 is 9.90 Å². The molecular formula is C11H13NO2S. The first kappa shape index (κ1) is 10.4. The molecule has 1 aromatic rings. The van der Waals surface area contributed by atoms with Crippen molar-refractivity contribution >= 4 is 22.9 Å². The highest BCUT2D eigenvalue weighted by Gasteiger charge is 2.20. The molecular weight excluding hydrogens is 210 g/mol. The quantitative estimate of drug-likeness (QED) is 0.838. The molecule has 80 valence electrons. The summed E-state index contributed by atoms with van der Waals surface area (Å²) in [5.74, 6) is -0.782. The van der Waals surface area contributed by atoms with Gasteiger partial charge in [-0.3, -0.25) is 0 Å². The Morgan fingerprint density at radius 1 is 1.47 bits per heavy atom. The summed E-state index contributed by atoms with van der Waals surface area (Å²) >= 11 is 1.57. The highest BCUT2D eigenvalue weighted by molar-refractivity contribution is 7.09. The Morgan fingerprint density at radius 3 is 2.80 bits per heavy atom. The van der Waals surface area contributed by atoms with Gasteiger partial charge in [0, 0.05) is 11.0 Å². The number of aromatic nitrogens is 1. The van der Waals surface area contributed by atoms with Crippen LogP contribution in [0.15, 0.2) is 11.0 Å². The van der Waals surface area contributed by atoms with E-state index in [9.17, 15) is 4.79 Å². The molecule has 4 heteroatoms. The van der Waals surface area contributed by atoms with Crippen molar-refractivity contribution in [2.45, 2.75) is 32.6 Å². The monoisotopic (exact) mass is 223 g/mol. The van der Waals surface area contributed by atoms with Crippen LogP contribution in [0.4, 0.5) is 0 Å². The number of carboxylic acid groups (broad SMARTS) is 1. The summed E-state index contributed by atoms with van der Waals surface area (Å²) in [6.07, 6.45) is 3.59. The lowest BCUT2D eigenvalue weighted by Gasteiger charge is -2.15. The number of allylic oxidation sites excluding steroid dienone is 1. The molecule has 0 bridgehead atoms. The van der Waals surface area contributed by atoms with Gasteiger partial charge in [0.1, 0.15) is 0 Å². The molecule has 0 spiro atoms. The number of carbonyl (C=O) groups is 1. The first-order chi connectivity index (χ1) is 7.18. The Bertz CT molecular complexity index is 420. The fourth-order valence-corrected chi connectivity index (χ4v) is 2.55. The third-order valence-corrected chi connectivity index (χ3v) is 3.43. The molecule has 3 nitrogen and oxygen atoms in total. The van der Waals surface area contributed by atoms with Gasteiger partial charge in [0.15, 0.2) is 0 Å². The Kier molecular flexibility index (Phi) is 2.86. The molecule has 1 aliphatic rings. The van der Waals surface area contributed by atoms with Crippen LogP contribution >= 0.6 is 11.3 Å². The molecule has 0 atom stereocenters. The van der Waals surface area contributed by atoms with E-state index in [2.05, 4.69) is 4.98 Å². The van der Waals surface area contributed by atoms with Crippen molar-refractivity contribution in [3.05, 3.63) is 21.7 Å². The van der Waals surface area contributed by atoms with E-state index < -0.39 is 5.97 Å². The molecule has 2 rings (SSSR count). The lowest BCUT2D eigenvalue weighted by molar-refractivity contribution is -0.132. The van der Waals surface area contributed by atoms with Gasteiger partial charge in [0.2, 0.25) is 0 Å². The minimum Gasteiger partial charge on any atom is -0.478 e. The van der Waals surface area contributed by atoms with Crippen molar-refractivity contribution in [1.82, 2.24) is 4.98 Å². The highest BCUT2D eigenvalue weighted by atomic mass is 32.1. The first-order valence-electron chi connectivity index (χ1n) is 5.06. The average Bonchev–Trinajstić information content (AvgIpc) is 2.65. The van der Waals surface area contributed by atoms with E-state index in [4.69, 9.17) is 5.11 Å². The number of thiazole rings is 1. The topological polar surface area (TPSA) is 50.2 Å². The largest absolute Gasteiger partial charge is 0.478 e. The van der Waals surface area contributed by atoms with Gasteiger partial charge in [-0.05, 0) is 38.2 Å². The molecule has 0 unspecified atom stereocenters. The van der Waals surface area contributed by atoms with Gasteiger partial charge in [-0.2, -0.15) is 0 Å². The van der Waals surface area contributed by atoms with E-state index in [1.54, 1.807) is 11.3 Å². The molecule has 15 heavy (non-hydrogen) atoms. The molecule has 0 saturated heterocycles. The third-order valence-electron chi connectivity index (χ3n) is 2.65. The number of aryl methyl sites for hydroxylation is 1. The molecule has 0 saturated carbocycles. The van der Waals surface area contributed by atoms with Crippen molar-refractivity contribution in [1.29, 1.82) is 0 Å². The second-order valence-corrected chi connectivity index (χ2v) is 4.78. The summed E-state index contributed by atoms with van der Waals surface area (Å²) in [7, 11) is 0. The molecule has 1 N–H and O–H groups in total. The Balaban J connectivity index is 2.43. The van der Waals surface area contributed by atoms with Crippen LogP contribution in [0.25, 0.3) is 5.57 Å². The van der Waals surface area contributed by atoms with Crippen molar-refractivity contribution in [3.63, 3.8) is 0 Å². The van der Waals surface area contributed by atoms with Crippen LogP contribution in [-0.2, 0) is 4.79 Å². The number of rotatable bonds is 2. The van der Waals surface area contributed by atoms with E-state index >= 15 is 0 Å². The second-order valence-electron chi connectivity index (χ2n) is 3.72. The fourth-order valence-electron chi connectivity index (χ4n) is 1.93. The molecule has 1 aliphatic carbocycles. The van der Waals surface area contributed by atoms with E-state index in [0.29, 0.717) is 12.0 Å². The number of aliphatic carboxylic acids is 1. The van der Waals surface area contributed by atoms with Crippen molar-refractivity contribution in [2.24, 2.45) is 0 Å². The lowest BCUT2D eigenvalue weighted by Crippen LogP contribution is -2.08. The van der Waals surface area contributed by atoms with E-state index in [1.165, 1.54) is 0 Å². The predicted molar refractivity (Wildman–Crippen MR) is 59.9 cm³/mol. The van der Waals surface area contributed by atoms with Gasteiger partial charge in [-0.1, -0.05) is 0 Å². The molecule has 0 fully saturated rings.